The molecule has 3 heterocycles. The summed E-state index contributed by atoms with van der Waals surface area (Å²) in [5, 5.41) is 1.76. The number of thiazole rings is 1. The molecule has 2 aliphatic heterocycles. The molecule has 19 heavy (non-hydrogen) atoms. The fourth-order valence-corrected chi connectivity index (χ4v) is 4.37. The minimum atomic E-state index is 0.627. The van der Waals surface area contributed by atoms with Gasteiger partial charge < -0.3 is 10.6 Å². The third kappa shape index (κ3) is 1.67. The number of fused-ring (bicyclic) bond motifs is 2. The van der Waals surface area contributed by atoms with Gasteiger partial charge in [-0.1, -0.05) is 29.2 Å². The number of hydrogen-bond acceptors (Lipinski definition) is 6. The summed E-state index contributed by atoms with van der Waals surface area (Å²) in [6, 6.07) is 6.36. The lowest BCUT2D eigenvalue weighted by atomic mass is 10.1. The van der Waals surface area contributed by atoms with Crippen LogP contribution in [-0.4, -0.2) is 28.1 Å². The van der Waals surface area contributed by atoms with Crippen molar-refractivity contribution >= 4 is 49.3 Å². The normalized spacial score (nSPS) is 18.4. The minimum absolute atomic E-state index is 0.627. The van der Waals surface area contributed by atoms with Gasteiger partial charge in [-0.2, -0.15) is 0 Å². The molecule has 0 unspecified atom stereocenters. The number of nitrogens with two attached hydrogens (primary N) is 1. The number of aromatic nitrogens is 1. The number of rotatable bonds is 1. The maximum atomic E-state index is 5.77. The average Bonchev–Trinajstić information content (AvgIpc) is 3.00. The standard InChI is InChI=1S/C13H12N4S2/c1-7-11(17-5-4-15-13(17)18-7)8-2-3-9-10(6-8)19-12(14)16-9/h2-3,6H,4-5H2,1H3,(H2,14,16). The number of allylic oxidation sites excluding steroid dienone is 1. The number of nitrogens with zero attached hydrogens (tertiary/aromatic N) is 3. The number of benzene rings is 1. The summed E-state index contributed by atoms with van der Waals surface area (Å²) in [6.07, 6.45) is 0. The fraction of sp³-hybridized carbons (Fsp3) is 0.231. The Labute approximate surface area is 119 Å². The first-order chi connectivity index (χ1) is 9.22. The second-order valence-corrected chi connectivity index (χ2v) is 6.80. The van der Waals surface area contributed by atoms with Crippen molar-refractivity contribution < 1.29 is 0 Å². The zero-order chi connectivity index (χ0) is 13.0. The Morgan fingerprint density at radius 3 is 3.16 bits per heavy atom. The topological polar surface area (TPSA) is 54.5 Å². The van der Waals surface area contributed by atoms with Crippen LogP contribution in [0.25, 0.3) is 15.9 Å². The highest BCUT2D eigenvalue weighted by Gasteiger charge is 2.30. The van der Waals surface area contributed by atoms with Gasteiger partial charge in [-0.25, -0.2) is 4.98 Å². The van der Waals surface area contributed by atoms with E-state index < -0.39 is 0 Å². The lowest BCUT2D eigenvalue weighted by Gasteiger charge is -2.17. The molecule has 6 heteroatoms. The van der Waals surface area contributed by atoms with Crippen molar-refractivity contribution in [2.45, 2.75) is 6.92 Å². The van der Waals surface area contributed by atoms with Crippen molar-refractivity contribution in [2.24, 2.45) is 4.99 Å². The van der Waals surface area contributed by atoms with Gasteiger partial charge in [0, 0.05) is 17.0 Å². The summed E-state index contributed by atoms with van der Waals surface area (Å²) in [7, 11) is 0. The molecule has 96 valence electrons. The summed E-state index contributed by atoms with van der Waals surface area (Å²) in [4.78, 5) is 12.5. The van der Waals surface area contributed by atoms with E-state index in [0.29, 0.717) is 5.13 Å². The highest BCUT2D eigenvalue weighted by molar-refractivity contribution is 8.17. The number of amidine groups is 1. The van der Waals surface area contributed by atoms with Crippen LogP contribution >= 0.6 is 23.1 Å². The SMILES string of the molecule is CC1=C(c2ccc3nc(N)sc3c2)N2CCN=C2S1. The molecule has 0 fully saturated rings. The Morgan fingerprint density at radius 2 is 2.26 bits per heavy atom. The van der Waals surface area contributed by atoms with Crippen LogP contribution < -0.4 is 5.73 Å². The summed E-state index contributed by atoms with van der Waals surface area (Å²) in [5.41, 5.74) is 9.26. The molecule has 2 aromatic rings. The Bertz CT molecular complexity index is 744. The molecular weight excluding hydrogens is 276 g/mol. The predicted molar refractivity (Wildman–Crippen MR) is 83.2 cm³/mol. The van der Waals surface area contributed by atoms with E-state index in [1.165, 1.54) is 16.2 Å². The van der Waals surface area contributed by atoms with Crippen LogP contribution in [0.4, 0.5) is 5.13 Å². The van der Waals surface area contributed by atoms with Gasteiger partial charge in [-0.05, 0) is 19.1 Å². The third-order valence-corrected chi connectivity index (χ3v) is 5.21. The molecule has 4 rings (SSSR count). The predicted octanol–water partition coefficient (Wildman–Crippen LogP) is 2.99. The molecule has 0 aliphatic carbocycles. The molecule has 0 saturated heterocycles. The van der Waals surface area contributed by atoms with Gasteiger partial charge in [0.25, 0.3) is 0 Å². The van der Waals surface area contributed by atoms with Crippen molar-refractivity contribution in [2.75, 3.05) is 18.8 Å². The molecule has 1 aromatic carbocycles. The molecule has 0 radical (unpaired) electrons. The summed E-state index contributed by atoms with van der Waals surface area (Å²) >= 11 is 3.31. The number of hydrogen-bond donors (Lipinski definition) is 1. The highest BCUT2D eigenvalue weighted by atomic mass is 32.2. The third-order valence-electron chi connectivity index (χ3n) is 3.33. The van der Waals surface area contributed by atoms with E-state index in [-0.39, 0.29) is 0 Å². The minimum Gasteiger partial charge on any atom is -0.375 e. The quantitative estimate of drug-likeness (QED) is 0.876. The van der Waals surface area contributed by atoms with E-state index in [4.69, 9.17) is 5.73 Å². The second kappa shape index (κ2) is 3.98. The first-order valence-electron chi connectivity index (χ1n) is 6.09. The summed E-state index contributed by atoms with van der Waals surface area (Å²) in [6.45, 7) is 4.04. The average molecular weight is 288 g/mol. The lowest BCUT2D eigenvalue weighted by molar-refractivity contribution is 0.648. The van der Waals surface area contributed by atoms with Crippen LogP contribution in [-0.2, 0) is 0 Å². The van der Waals surface area contributed by atoms with Crippen LogP contribution in [0.15, 0.2) is 28.1 Å². The van der Waals surface area contributed by atoms with Crippen LogP contribution in [0, 0.1) is 0 Å². The van der Waals surface area contributed by atoms with E-state index in [1.54, 1.807) is 23.1 Å². The number of aliphatic imine (C=N–C) groups is 1. The zero-order valence-corrected chi connectivity index (χ0v) is 12.0. The molecule has 1 aromatic heterocycles. The smallest absolute Gasteiger partial charge is 0.181 e. The second-order valence-electron chi connectivity index (χ2n) is 4.56. The van der Waals surface area contributed by atoms with Gasteiger partial charge in [0.05, 0.1) is 22.5 Å². The van der Waals surface area contributed by atoms with Crippen molar-refractivity contribution in [3.05, 3.63) is 28.7 Å². The van der Waals surface area contributed by atoms with Crippen LogP contribution in [0.2, 0.25) is 0 Å². The Balaban J connectivity index is 1.85. The molecule has 0 spiro atoms. The molecule has 0 bridgehead atoms. The molecule has 4 nitrogen and oxygen atoms in total. The van der Waals surface area contributed by atoms with Gasteiger partial charge in [-0.3, -0.25) is 4.99 Å². The Hall–Kier alpha value is -1.53. The summed E-state index contributed by atoms with van der Waals surface area (Å²) in [5.74, 6) is 0. The number of anilines is 1. The van der Waals surface area contributed by atoms with E-state index in [2.05, 4.69) is 33.9 Å². The molecule has 0 amide bonds. The Kier molecular flexibility index (Phi) is 2.37. The van der Waals surface area contributed by atoms with Gasteiger partial charge in [0.15, 0.2) is 10.3 Å². The van der Waals surface area contributed by atoms with Gasteiger partial charge >= 0.3 is 0 Å². The van der Waals surface area contributed by atoms with Crippen LogP contribution in [0.5, 0.6) is 0 Å². The zero-order valence-electron chi connectivity index (χ0n) is 10.4. The van der Waals surface area contributed by atoms with Crippen molar-refractivity contribution in [3.63, 3.8) is 0 Å². The van der Waals surface area contributed by atoms with Crippen molar-refractivity contribution in [1.29, 1.82) is 0 Å². The van der Waals surface area contributed by atoms with Crippen molar-refractivity contribution in [1.82, 2.24) is 9.88 Å². The van der Waals surface area contributed by atoms with E-state index in [1.807, 2.05) is 6.07 Å². The first-order valence-corrected chi connectivity index (χ1v) is 7.73. The van der Waals surface area contributed by atoms with Crippen LogP contribution in [0.3, 0.4) is 0 Å². The van der Waals surface area contributed by atoms with E-state index in [9.17, 15) is 0 Å². The van der Waals surface area contributed by atoms with E-state index >= 15 is 0 Å². The lowest BCUT2D eigenvalue weighted by Crippen LogP contribution is -2.19. The molecule has 2 N–H and O–H groups in total. The molecule has 0 saturated carbocycles. The largest absolute Gasteiger partial charge is 0.375 e. The molecule has 2 aliphatic rings. The molecular formula is C13H12N4S2. The Morgan fingerprint density at radius 1 is 1.37 bits per heavy atom. The van der Waals surface area contributed by atoms with Gasteiger partial charge in [0.2, 0.25) is 0 Å². The number of thioether (sulfide) groups is 1. The monoisotopic (exact) mass is 288 g/mol. The van der Waals surface area contributed by atoms with Gasteiger partial charge in [0.1, 0.15) is 0 Å². The first kappa shape index (κ1) is 11.3. The number of nitrogen functional groups attached to an aromatic ring is 1. The van der Waals surface area contributed by atoms with Gasteiger partial charge in [-0.15, -0.1) is 0 Å². The summed E-state index contributed by atoms with van der Waals surface area (Å²) < 4.78 is 1.14. The molecule has 0 atom stereocenters. The van der Waals surface area contributed by atoms with Crippen molar-refractivity contribution in [3.8, 4) is 0 Å². The fourth-order valence-electron chi connectivity index (χ4n) is 2.55. The maximum absolute atomic E-state index is 5.77. The van der Waals surface area contributed by atoms with E-state index in [0.717, 1.165) is 28.5 Å². The van der Waals surface area contributed by atoms with Crippen LogP contribution in [0.1, 0.15) is 12.5 Å². The highest BCUT2D eigenvalue weighted by Crippen LogP contribution is 2.42. The maximum Gasteiger partial charge on any atom is 0.181 e.